The molecule has 0 fully saturated rings. The van der Waals surface area contributed by atoms with Crippen LogP contribution >= 0.6 is 0 Å². The highest BCUT2D eigenvalue weighted by molar-refractivity contribution is 5.99. The number of aryl methyl sites for hydroxylation is 1. The van der Waals surface area contributed by atoms with Gasteiger partial charge in [0.2, 0.25) is 0 Å². The number of rotatable bonds is 4. The van der Waals surface area contributed by atoms with Crippen LogP contribution in [0.2, 0.25) is 0 Å². The number of nitrogens with zero attached hydrogens (tertiary/aromatic N) is 1. The summed E-state index contributed by atoms with van der Waals surface area (Å²) >= 11 is 0. The van der Waals surface area contributed by atoms with Crippen LogP contribution in [0, 0.1) is 6.92 Å². The molecule has 0 aliphatic heterocycles. The van der Waals surface area contributed by atoms with Crippen molar-refractivity contribution in [3.63, 3.8) is 0 Å². The number of Topliss-reactive ketones (excluding diaryl/α,β-unsaturated/α-hetero) is 1. The van der Waals surface area contributed by atoms with Crippen LogP contribution in [0.25, 0.3) is 0 Å². The van der Waals surface area contributed by atoms with E-state index in [9.17, 15) is 4.79 Å². The van der Waals surface area contributed by atoms with Crippen LogP contribution in [0.15, 0.2) is 36.7 Å². The highest BCUT2D eigenvalue weighted by Gasteiger charge is 2.05. The summed E-state index contributed by atoms with van der Waals surface area (Å²) in [7, 11) is 0. The zero-order valence-electron chi connectivity index (χ0n) is 11.1. The number of anilines is 2. The first-order valence-corrected chi connectivity index (χ1v) is 6.12. The molecule has 0 bridgehead atoms. The van der Waals surface area contributed by atoms with Crippen molar-refractivity contribution < 1.29 is 4.79 Å². The average molecular weight is 255 g/mol. The van der Waals surface area contributed by atoms with Crippen molar-refractivity contribution in [3.8, 4) is 0 Å². The van der Waals surface area contributed by atoms with Gasteiger partial charge in [-0.05, 0) is 49.2 Å². The smallest absolute Gasteiger partial charge is 0.161 e. The van der Waals surface area contributed by atoms with Gasteiger partial charge in [0.15, 0.2) is 5.78 Å². The van der Waals surface area contributed by atoms with Crippen LogP contribution < -0.4 is 11.1 Å². The molecule has 4 heteroatoms. The Morgan fingerprint density at radius 1 is 1.37 bits per heavy atom. The van der Waals surface area contributed by atoms with E-state index in [1.54, 1.807) is 18.3 Å². The monoisotopic (exact) mass is 255 g/mol. The molecule has 0 unspecified atom stereocenters. The van der Waals surface area contributed by atoms with Gasteiger partial charge in [0, 0.05) is 35.9 Å². The summed E-state index contributed by atoms with van der Waals surface area (Å²) in [5.41, 5.74) is 10.1. The molecule has 0 atom stereocenters. The van der Waals surface area contributed by atoms with Gasteiger partial charge in [0.25, 0.3) is 0 Å². The van der Waals surface area contributed by atoms with Gasteiger partial charge in [0.1, 0.15) is 0 Å². The number of pyridine rings is 1. The van der Waals surface area contributed by atoms with Gasteiger partial charge in [-0.3, -0.25) is 9.78 Å². The summed E-state index contributed by atoms with van der Waals surface area (Å²) in [5, 5.41) is 3.29. The van der Waals surface area contributed by atoms with Crippen LogP contribution in [-0.4, -0.2) is 10.8 Å². The molecule has 0 spiro atoms. The van der Waals surface area contributed by atoms with Crippen molar-refractivity contribution in [2.45, 2.75) is 20.4 Å². The third-order valence-corrected chi connectivity index (χ3v) is 3.05. The van der Waals surface area contributed by atoms with Crippen LogP contribution in [0.4, 0.5) is 11.4 Å². The van der Waals surface area contributed by atoms with E-state index in [1.165, 1.54) is 12.5 Å². The van der Waals surface area contributed by atoms with Gasteiger partial charge in [0.05, 0.1) is 0 Å². The lowest BCUT2D eigenvalue weighted by Gasteiger charge is -2.10. The summed E-state index contributed by atoms with van der Waals surface area (Å²) in [6.07, 6.45) is 3.61. The van der Waals surface area contributed by atoms with Crippen molar-refractivity contribution in [2.75, 3.05) is 11.1 Å². The van der Waals surface area contributed by atoms with Crippen LogP contribution in [0.1, 0.15) is 28.4 Å². The van der Waals surface area contributed by atoms with Crippen LogP contribution in [-0.2, 0) is 6.54 Å². The summed E-state index contributed by atoms with van der Waals surface area (Å²) < 4.78 is 0. The Balaban J connectivity index is 2.11. The van der Waals surface area contributed by atoms with E-state index in [0.717, 1.165) is 11.3 Å². The topological polar surface area (TPSA) is 68.0 Å². The highest BCUT2D eigenvalue weighted by Crippen LogP contribution is 2.19. The molecule has 0 radical (unpaired) electrons. The predicted octanol–water partition coefficient (Wildman–Crippen LogP) is 2.79. The van der Waals surface area contributed by atoms with E-state index in [2.05, 4.69) is 10.3 Å². The third-order valence-electron chi connectivity index (χ3n) is 3.05. The maximum Gasteiger partial charge on any atom is 0.161 e. The zero-order chi connectivity index (χ0) is 13.8. The summed E-state index contributed by atoms with van der Waals surface area (Å²) in [6, 6.07) is 7.38. The average Bonchev–Trinajstić information content (AvgIpc) is 2.37. The fourth-order valence-electron chi connectivity index (χ4n) is 1.89. The first kappa shape index (κ1) is 13.1. The van der Waals surface area contributed by atoms with Crippen molar-refractivity contribution >= 4 is 17.2 Å². The molecule has 98 valence electrons. The predicted molar refractivity (Wildman–Crippen MR) is 77.2 cm³/mol. The summed E-state index contributed by atoms with van der Waals surface area (Å²) in [4.78, 5) is 15.4. The second-order valence-corrected chi connectivity index (χ2v) is 4.51. The van der Waals surface area contributed by atoms with E-state index in [1.807, 2.05) is 25.3 Å². The number of carbonyl (C=O) groups excluding carboxylic acids is 1. The number of aromatic nitrogens is 1. The van der Waals surface area contributed by atoms with Gasteiger partial charge >= 0.3 is 0 Å². The van der Waals surface area contributed by atoms with E-state index in [0.29, 0.717) is 17.8 Å². The molecule has 0 aliphatic rings. The largest absolute Gasteiger partial charge is 0.398 e. The summed E-state index contributed by atoms with van der Waals surface area (Å²) in [6.45, 7) is 4.24. The fourth-order valence-corrected chi connectivity index (χ4v) is 1.89. The molecule has 0 saturated carbocycles. The van der Waals surface area contributed by atoms with Crippen molar-refractivity contribution in [3.05, 3.63) is 53.3 Å². The van der Waals surface area contributed by atoms with E-state index in [-0.39, 0.29) is 5.78 Å². The fraction of sp³-hybridized carbons (Fsp3) is 0.200. The maximum absolute atomic E-state index is 11.3. The van der Waals surface area contributed by atoms with Crippen molar-refractivity contribution in [2.24, 2.45) is 0 Å². The molecule has 2 aromatic rings. The van der Waals surface area contributed by atoms with Crippen molar-refractivity contribution in [1.82, 2.24) is 4.98 Å². The lowest BCUT2D eigenvalue weighted by atomic mass is 10.1. The Bertz CT molecular complexity index is 608. The first-order valence-electron chi connectivity index (χ1n) is 6.12. The Morgan fingerprint density at radius 3 is 2.79 bits per heavy atom. The number of hydrogen-bond acceptors (Lipinski definition) is 4. The first-order chi connectivity index (χ1) is 9.08. The van der Waals surface area contributed by atoms with E-state index in [4.69, 9.17) is 5.73 Å². The van der Waals surface area contributed by atoms with E-state index < -0.39 is 0 Å². The van der Waals surface area contributed by atoms with E-state index >= 15 is 0 Å². The molecule has 19 heavy (non-hydrogen) atoms. The number of nitrogens with two attached hydrogens (primary N) is 1. The molecule has 1 aromatic heterocycles. The lowest BCUT2D eigenvalue weighted by molar-refractivity contribution is 0.101. The Labute approximate surface area is 112 Å². The number of benzene rings is 1. The lowest BCUT2D eigenvalue weighted by Crippen LogP contribution is -2.04. The van der Waals surface area contributed by atoms with Gasteiger partial charge in [-0.15, -0.1) is 0 Å². The second kappa shape index (κ2) is 5.52. The Hall–Kier alpha value is -2.36. The normalized spacial score (nSPS) is 10.2. The Morgan fingerprint density at radius 2 is 2.16 bits per heavy atom. The molecular weight excluding hydrogens is 238 g/mol. The van der Waals surface area contributed by atoms with Crippen LogP contribution in [0.5, 0.6) is 0 Å². The minimum absolute atomic E-state index is 0.0194. The van der Waals surface area contributed by atoms with Gasteiger partial charge < -0.3 is 11.1 Å². The molecule has 0 aliphatic carbocycles. The van der Waals surface area contributed by atoms with Gasteiger partial charge in [-0.2, -0.15) is 0 Å². The minimum atomic E-state index is -0.0194. The standard InChI is InChI=1S/C15H17N3O/c1-10-8-17-6-5-12(10)9-18-13-3-4-14(11(2)19)15(16)7-13/h3-8,18H,9,16H2,1-2H3. The molecule has 2 rings (SSSR count). The molecule has 0 saturated heterocycles. The highest BCUT2D eigenvalue weighted by atomic mass is 16.1. The quantitative estimate of drug-likeness (QED) is 0.651. The Kier molecular flexibility index (Phi) is 3.80. The maximum atomic E-state index is 11.3. The second-order valence-electron chi connectivity index (χ2n) is 4.51. The number of nitrogen functional groups attached to an aromatic ring is 1. The zero-order valence-corrected chi connectivity index (χ0v) is 11.1. The third kappa shape index (κ3) is 3.10. The summed E-state index contributed by atoms with van der Waals surface area (Å²) in [5.74, 6) is -0.0194. The van der Waals surface area contributed by atoms with Crippen LogP contribution in [0.3, 0.4) is 0 Å². The molecule has 1 aromatic carbocycles. The molecule has 0 amide bonds. The number of nitrogens with one attached hydrogen (secondary N) is 1. The van der Waals surface area contributed by atoms with Gasteiger partial charge in [-0.25, -0.2) is 0 Å². The molecule has 1 heterocycles. The molecular formula is C15H17N3O. The number of hydrogen-bond donors (Lipinski definition) is 2. The molecule has 3 N–H and O–H groups in total. The molecule has 4 nitrogen and oxygen atoms in total. The number of ketones is 1. The minimum Gasteiger partial charge on any atom is -0.398 e. The van der Waals surface area contributed by atoms with Gasteiger partial charge in [-0.1, -0.05) is 0 Å². The number of carbonyl (C=O) groups is 1. The van der Waals surface area contributed by atoms with Crippen molar-refractivity contribution in [1.29, 1.82) is 0 Å². The SMILES string of the molecule is CC(=O)c1ccc(NCc2ccncc2C)cc1N.